The predicted octanol–water partition coefficient (Wildman–Crippen LogP) is 4.07. The Morgan fingerprint density at radius 2 is 2.00 bits per heavy atom. The average Bonchev–Trinajstić information content (AvgIpc) is 3.11. The van der Waals surface area contributed by atoms with E-state index in [0.29, 0.717) is 10.9 Å². The third-order valence-electron chi connectivity index (χ3n) is 3.32. The highest BCUT2D eigenvalue weighted by molar-refractivity contribution is 7.14. The van der Waals surface area contributed by atoms with E-state index in [1.54, 1.807) is 11.6 Å². The van der Waals surface area contributed by atoms with Gasteiger partial charge >= 0.3 is 0 Å². The maximum absolute atomic E-state index is 5.94. The second kappa shape index (κ2) is 5.16. The number of thiazole rings is 1. The molecule has 22 heavy (non-hydrogen) atoms. The molecule has 0 unspecified atom stereocenters. The molecule has 6 heteroatoms. The summed E-state index contributed by atoms with van der Waals surface area (Å²) in [7, 11) is 0. The maximum Gasteiger partial charge on any atom is 0.205 e. The molecular weight excluding hydrogens is 296 g/mol. The molecule has 0 fully saturated rings. The molecule has 0 spiro atoms. The van der Waals surface area contributed by atoms with Crippen molar-refractivity contribution in [2.75, 3.05) is 11.2 Å². The van der Waals surface area contributed by atoms with Crippen molar-refractivity contribution >= 4 is 50.4 Å². The van der Waals surface area contributed by atoms with E-state index in [2.05, 4.69) is 21.6 Å². The van der Waals surface area contributed by atoms with Crippen molar-refractivity contribution in [3.63, 3.8) is 0 Å². The Balaban J connectivity index is 1.72. The molecule has 0 aliphatic heterocycles. The second-order valence-electron chi connectivity index (χ2n) is 4.77. The summed E-state index contributed by atoms with van der Waals surface area (Å²) in [5.74, 6) is 0.488. The minimum absolute atomic E-state index is 0.488. The molecule has 0 bridgehead atoms. The first-order valence-corrected chi connectivity index (χ1v) is 7.59. The van der Waals surface area contributed by atoms with Gasteiger partial charge in [0.2, 0.25) is 5.13 Å². The zero-order valence-electron chi connectivity index (χ0n) is 11.5. The Morgan fingerprint density at radius 1 is 1.14 bits per heavy atom. The Hall–Kier alpha value is -2.86. The van der Waals surface area contributed by atoms with E-state index in [1.807, 2.05) is 36.4 Å². The zero-order valence-corrected chi connectivity index (χ0v) is 12.3. The molecule has 2 aromatic heterocycles. The number of anilines is 2. The molecule has 3 N–H and O–H groups in total. The monoisotopic (exact) mass is 308 g/mol. The summed E-state index contributed by atoms with van der Waals surface area (Å²) in [5, 5.41) is 8.81. The number of nitrogens with one attached hydrogen (secondary N) is 1. The maximum atomic E-state index is 5.94. The van der Waals surface area contributed by atoms with Gasteiger partial charge in [-0.05, 0) is 12.1 Å². The lowest BCUT2D eigenvalue weighted by atomic mass is 10.1. The third kappa shape index (κ3) is 2.19. The number of fused-ring (bicyclic) bond motifs is 3. The quantitative estimate of drug-likeness (QED) is 0.442. The smallest absolute Gasteiger partial charge is 0.205 e. The summed E-state index contributed by atoms with van der Waals surface area (Å²) in [6.45, 7) is 0. The number of rotatable bonds is 3. The molecule has 0 atom stereocenters. The first kappa shape index (κ1) is 12.8. The summed E-state index contributed by atoms with van der Waals surface area (Å²) >= 11 is 1.41. The third-order valence-corrected chi connectivity index (χ3v) is 4.09. The van der Waals surface area contributed by atoms with Gasteiger partial charge in [-0.1, -0.05) is 30.3 Å². The van der Waals surface area contributed by atoms with E-state index < -0.39 is 0 Å². The molecule has 0 saturated heterocycles. The standard InChI is InChI=1S/C16H12N4OS/c17-14-9-22-16(19-14)20-18-8-10-4-3-6-12-11-5-1-2-7-13(11)21-15(10)12/h1-9H,17H2,(H,19,20). The Labute approximate surface area is 130 Å². The minimum Gasteiger partial charge on any atom is -0.455 e. The van der Waals surface area contributed by atoms with Crippen LogP contribution in [-0.4, -0.2) is 11.2 Å². The van der Waals surface area contributed by atoms with Gasteiger partial charge in [-0.3, -0.25) is 5.43 Å². The summed E-state index contributed by atoms with van der Waals surface area (Å²) in [5.41, 5.74) is 11.0. The lowest BCUT2D eigenvalue weighted by Gasteiger charge is -1.96. The van der Waals surface area contributed by atoms with Crippen LogP contribution in [0.3, 0.4) is 0 Å². The lowest BCUT2D eigenvalue weighted by Crippen LogP contribution is -1.91. The fourth-order valence-electron chi connectivity index (χ4n) is 2.37. The molecule has 2 heterocycles. The number of aromatic nitrogens is 1. The van der Waals surface area contributed by atoms with Gasteiger partial charge in [0, 0.05) is 21.7 Å². The Morgan fingerprint density at radius 3 is 2.86 bits per heavy atom. The fraction of sp³-hybridized carbons (Fsp3) is 0. The number of nitrogens with two attached hydrogens (primary N) is 1. The van der Waals surface area contributed by atoms with Gasteiger partial charge in [0.25, 0.3) is 0 Å². The van der Waals surface area contributed by atoms with Crippen LogP contribution in [0.25, 0.3) is 21.9 Å². The van der Waals surface area contributed by atoms with Crippen LogP contribution in [0, 0.1) is 0 Å². The van der Waals surface area contributed by atoms with Crippen molar-refractivity contribution in [1.82, 2.24) is 4.98 Å². The summed E-state index contributed by atoms with van der Waals surface area (Å²) in [6, 6.07) is 14.0. The van der Waals surface area contributed by atoms with Crippen molar-refractivity contribution in [3.8, 4) is 0 Å². The molecule has 5 nitrogen and oxygen atoms in total. The zero-order chi connectivity index (χ0) is 14.9. The van der Waals surface area contributed by atoms with Gasteiger partial charge in [0.05, 0.1) is 6.21 Å². The van der Waals surface area contributed by atoms with Gasteiger partial charge in [0.15, 0.2) is 0 Å². The number of nitrogens with zero attached hydrogens (tertiary/aromatic N) is 2. The van der Waals surface area contributed by atoms with Crippen LogP contribution >= 0.6 is 11.3 Å². The highest BCUT2D eigenvalue weighted by Gasteiger charge is 2.08. The van der Waals surface area contributed by atoms with E-state index >= 15 is 0 Å². The molecule has 4 rings (SSSR count). The van der Waals surface area contributed by atoms with Crippen LogP contribution in [0.5, 0.6) is 0 Å². The topological polar surface area (TPSA) is 76.4 Å². The molecule has 0 aliphatic rings. The molecule has 0 amide bonds. The van der Waals surface area contributed by atoms with Gasteiger partial charge in [-0.2, -0.15) is 5.10 Å². The largest absolute Gasteiger partial charge is 0.455 e. The van der Waals surface area contributed by atoms with E-state index in [-0.39, 0.29) is 0 Å². The van der Waals surface area contributed by atoms with Crippen molar-refractivity contribution < 1.29 is 4.42 Å². The highest BCUT2D eigenvalue weighted by atomic mass is 32.1. The number of furan rings is 1. The van der Waals surface area contributed by atoms with Gasteiger partial charge in [-0.15, -0.1) is 11.3 Å². The lowest BCUT2D eigenvalue weighted by molar-refractivity contribution is 0.668. The van der Waals surface area contributed by atoms with E-state index in [0.717, 1.165) is 27.5 Å². The molecule has 2 aromatic carbocycles. The molecule has 0 radical (unpaired) electrons. The van der Waals surface area contributed by atoms with Crippen molar-refractivity contribution in [1.29, 1.82) is 0 Å². The van der Waals surface area contributed by atoms with E-state index in [4.69, 9.17) is 10.2 Å². The second-order valence-corrected chi connectivity index (χ2v) is 5.63. The predicted molar refractivity (Wildman–Crippen MR) is 91.5 cm³/mol. The summed E-state index contributed by atoms with van der Waals surface area (Å²) in [6.07, 6.45) is 1.72. The SMILES string of the molecule is Nc1csc(NN=Cc2cccc3c2oc2ccccc23)n1. The van der Waals surface area contributed by atoms with Gasteiger partial charge in [0.1, 0.15) is 17.0 Å². The van der Waals surface area contributed by atoms with Crippen molar-refractivity contribution in [3.05, 3.63) is 53.4 Å². The number of nitrogen functional groups attached to an aromatic ring is 1. The van der Waals surface area contributed by atoms with E-state index in [9.17, 15) is 0 Å². The number of hydrazone groups is 1. The fourth-order valence-corrected chi connectivity index (χ4v) is 2.91. The van der Waals surface area contributed by atoms with Crippen LogP contribution in [0.4, 0.5) is 10.9 Å². The Bertz CT molecular complexity index is 986. The highest BCUT2D eigenvalue weighted by Crippen LogP contribution is 2.30. The normalized spacial score (nSPS) is 11.6. The molecule has 0 aliphatic carbocycles. The summed E-state index contributed by atoms with van der Waals surface area (Å²) in [4.78, 5) is 4.09. The average molecular weight is 308 g/mol. The van der Waals surface area contributed by atoms with Gasteiger partial charge in [-0.25, -0.2) is 4.98 Å². The van der Waals surface area contributed by atoms with Crippen molar-refractivity contribution in [2.24, 2.45) is 5.10 Å². The van der Waals surface area contributed by atoms with Crippen LogP contribution < -0.4 is 11.2 Å². The van der Waals surface area contributed by atoms with E-state index in [1.165, 1.54) is 11.3 Å². The van der Waals surface area contributed by atoms with Crippen LogP contribution in [-0.2, 0) is 0 Å². The molecule has 4 aromatic rings. The molecule has 108 valence electrons. The molecular formula is C16H12N4OS. The minimum atomic E-state index is 0.488. The van der Waals surface area contributed by atoms with Crippen LogP contribution in [0.15, 0.2) is 57.4 Å². The first-order chi connectivity index (χ1) is 10.8. The van der Waals surface area contributed by atoms with Gasteiger partial charge < -0.3 is 10.2 Å². The Kier molecular flexibility index (Phi) is 3.01. The number of para-hydroxylation sites is 2. The van der Waals surface area contributed by atoms with Crippen molar-refractivity contribution in [2.45, 2.75) is 0 Å². The number of hydrogen-bond acceptors (Lipinski definition) is 6. The molecule has 0 saturated carbocycles. The van der Waals surface area contributed by atoms with Crippen LogP contribution in [0.2, 0.25) is 0 Å². The number of hydrogen-bond donors (Lipinski definition) is 2. The first-order valence-electron chi connectivity index (χ1n) is 6.71. The number of benzene rings is 2. The summed E-state index contributed by atoms with van der Waals surface area (Å²) < 4.78 is 5.94. The van der Waals surface area contributed by atoms with Crippen LogP contribution in [0.1, 0.15) is 5.56 Å².